The van der Waals surface area contributed by atoms with E-state index in [0.29, 0.717) is 31.7 Å². The summed E-state index contributed by atoms with van der Waals surface area (Å²) in [4.78, 5) is 14.5. The smallest absolute Gasteiger partial charge is 0.223 e. The van der Waals surface area contributed by atoms with E-state index in [2.05, 4.69) is 37.2 Å². The van der Waals surface area contributed by atoms with E-state index >= 15 is 0 Å². The Balaban J connectivity index is 1.50. The van der Waals surface area contributed by atoms with Gasteiger partial charge in [0.2, 0.25) is 5.91 Å². The first-order valence-electron chi connectivity index (χ1n) is 8.43. The highest BCUT2D eigenvalue weighted by Gasteiger charge is 2.44. The molecule has 1 fully saturated rings. The molecule has 5 heteroatoms. The van der Waals surface area contributed by atoms with E-state index in [1.54, 1.807) is 0 Å². The van der Waals surface area contributed by atoms with Crippen LogP contribution in [0.15, 0.2) is 18.2 Å². The summed E-state index contributed by atoms with van der Waals surface area (Å²) in [7, 11) is 2.08. The zero-order chi connectivity index (χ0) is 16.4. The van der Waals surface area contributed by atoms with Crippen molar-refractivity contribution in [1.82, 2.24) is 10.2 Å². The molecule has 0 saturated heterocycles. The molecule has 1 aliphatic carbocycles. The molecule has 1 heterocycles. The van der Waals surface area contributed by atoms with Crippen molar-refractivity contribution in [3.63, 3.8) is 0 Å². The first kappa shape index (κ1) is 16.1. The van der Waals surface area contributed by atoms with Gasteiger partial charge in [0.1, 0.15) is 13.2 Å². The van der Waals surface area contributed by atoms with Gasteiger partial charge in [-0.15, -0.1) is 0 Å². The summed E-state index contributed by atoms with van der Waals surface area (Å²) in [5.41, 5.74) is 1.17. The molecule has 0 spiro atoms. The lowest BCUT2D eigenvalue weighted by molar-refractivity contribution is -0.122. The average Bonchev–Trinajstić information content (AvgIpc) is 3.34. The Morgan fingerprint density at radius 1 is 1.30 bits per heavy atom. The maximum absolute atomic E-state index is 12.2. The van der Waals surface area contributed by atoms with Gasteiger partial charge in [-0.1, -0.05) is 6.07 Å². The van der Waals surface area contributed by atoms with Crippen molar-refractivity contribution >= 4 is 5.91 Å². The largest absolute Gasteiger partial charge is 0.486 e. The Hall–Kier alpha value is -1.75. The number of likely N-dealkylation sites (N-methyl/N-ethyl adjacent to an activating group) is 1. The highest BCUT2D eigenvalue weighted by Crippen LogP contribution is 2.49. The van der Waals surface area contributed by atoms with Crippen molar-refractivity contribution in [2.24, 2.45) is 5.92 Å². The van der Waals surface area contributed by atoms with Crippen LogP contribution in [0.25, 0.3) is 0 Å². The zero-order valence-corrected chi connectivity index (χ0v) is 14.2. The molecule has 1 N–H and O–H groups in total. The number of benzene rings is 1. The Labute approximate surface area is 137 Å². The molecule has 2 aliphatic rings. The lowest BCUT2D eigenvalue weighted by Crippen LogP contribution is -2.36. The van der Waals surface area contributed by atoms with Crippen molar-refractivity contribution in [3.05, 3.63) is 23.8 Å². The summed E-state index contributed by atoms with van der Waals surface area (Å²) in [6.07, 6.45) is 0.922. The van der Waals surface area contributed by atoms with Gasteiger partial charge in [0, 0.05) is 25.0 Å². The first-order chi connectivity index (χ1) is 11.1. The minimum Gasteiger partial charge on any atom is -0.486 e. The predicted molar refractivity (Wildman–Crippen MR) is 89.1 cm³/mol. The van der Waals surface area contributed by atoms with Gasteiger partial charge < -0.3 is 19.7 Å². The maximum Gasteiger partial charge on any atom is 0.223 e. The normalized spacial score (nSPS) is 22.3. The first-order valence-corrected chi connectivity index (χ1v) is 8.43. The van der Waals surface area contributed by atoms with Gasteiger partial charge in [-0.05, 0) is 50.9 Å². The number of ether oxygens (including phenoxy) is 2. The second kappa shape index (κ2) is 6.79. The van der Waals surface area contributed by atoms with Crippen LogP contribution in [0.2, 0.25) is 0 Å². The molecule has 1 amide bonds. The number of rotatable bonds is 6. The molecule has 5 nitrogen and oxygen atoms in total. The molecule has 2 atom stereocenters. The molecule has 1 aliphatic heterocycles. The third-order valence-electron chi connectivity index (χ3n) is 4.77. The van der Waals surface area contributed by atoms with Crippen LogP contribution in [-0.2, 0) is 4.79 Å². The molecule has 23 heavy (non-hydrogen) atoms. The zero-order valence-electron chi connectivity index (χ0n) is 14.2. The minimum absolute atomic E-state index is 0.0990. The molecule has 0 radical (unpaired) electrons. The van der Waals surface area contributed by atoms with Crippen LogP contribution in [0.1, 0.15) is 31.7 Å². The van der Waals surface area contributed by atoms with Gasteiger partial charge >= 0.3 is 0 Å². The number of nitrogens with one attached hydrogen (secondary N) is 1. The van der Waals surface area contributed by atoms with E-state index in [1.165, 1.54) is 5.56 Å². The van der Waals surface area contributed by atoms with Crippen molar-refractivity contribution in [3.8, 4) is 11.5 Å². The number of amides is 1. The number of carbonyl (C=O) groups excluding carboxylic acids is 1. The standard InChI is InChI=1S/C18H26N2O3/c1-12(2)20(3)7-6-19-18(21)15-11-14(15)13-4-5-16-17(10-13)23-9-8-22-16/h4-5,10,12,14-15H,6-9,11H2,1-3H3,(H,19,21)/t14-,15+/m1/s1. The summed E-state index contributed by atoms with van der Waals surface area (Å²) in [6.45, 7) is 7.09. The third kappa shape index (κ3) is 3.78. The van der Waals surface area contributed by atoms with E-state index in [4.69, 9.17) is 9.47 Å². The van der Waals surface area contributed by atoms with Gasteiger partial charge in [0.25, 0.3) is 0 Å². The Kier molecular flexibility index (Phi) is 4.76. The highest BCUT2D eigenvalue weighted by atomic mass is 16.6. The molecular weight excluding hydrogens is 292 g/mol. The second-order valence-electron chi connectivity index (χ2n) is 6.72. The summed E-state index contributed by atoms with van der Waals surface area (Å²) in [5, 5.41) is 3.06. The van der Waals surface area contributed by atoms with Crippen LogP contribution in [0.5, 0.6) is 11.5 Å². The van der Waals surface area contributed by atoms with E-state index in [0.717, 1.165) is 24.5 Å². The Bertz CT molecular complexity index is 573. The lowest BCUT2D eigenvalue weighted by Gasteiger charge is -2.21. The number of hydrogen-bond donors (Lipinski definition) is 1. The summed E-state index contributed by atoms with van der Waals surface area (Å²) in [5.74, 6) is 2.19. The predicted octanol–water partition coefficient (Wildman–Crippen LogP) is 2.02. The molecule has 1 saturated carbocycles. The van der Waals surface area contributed by atoms with E-state index < -0.39 is 0 Å². The van der Waals surface area contributed by atoms with Crippen LogP contribution < -0.4 is 14.8 Å². The lowest BCUT2D eigenvalue weighted by atomic mass is 10.1. The van der Waals surface area contributed by atoms with Crippen molar-refractivity contribution in [2.75, 3.05) is 33.4 Å². The number of hydrogen-bond acceptors (Lipinski definition) is 4. The van der Waals surface area contributed by atoms with E-state index in [9.17, 15) is 4.79 Å². The van der Waals surface area contributed by atoms with Crippen LogP contribution in [-0.4, -0.2) is 50.2 Å². The molecule has 3 rings (SSSR count). The molecular formula is C18H26N2O3. The molecule has 0 unspecified atom stereocenters. The fraction of sp³-hybridized carbons (Fsp3) is 0.611. The minimum atomic E-state index is 0.0990. The quantitative estimate of drug-likeness (QED) is 0.872. The van der Waals surface area contributed by atoms with E-state index in [-0.39, 0.29) is 11.8 Å². The number of fused-ring (bicyclic) bond motifs is 1. The van der Waals surface area contributed by atoms with Gasteiger partial charge in [-0.3, -0.25) is 4.79 Å². The average molecular weight is 318 g/mol. The van der Waals surface area contributed by atoms with Crippen LogP contribution >= 0.6 is 0 Å². The monoisotopic (exact) mass is 318 g/mol. The fourth-order valence-electron chi connectivity index (χ4n) is 2.89. The van der Waals surface area contributed by atoms with Crippen molar-refractivity contribution < 1.29 is 14.3 Å². The summed E-state index contributed by atoms with van der Waals surface area (Å²) >= 11 is 0. The van der Waals surface area contributed by atoms with Crippen LogP contribution in [0.3, 0.4) is 0 Å². The number of carbonyl (C=O) groups is 1. The van der Waals surface area contributed by atoms with Crippen LogP contribution in [0, 0.1) is 5.92 Å². The Morgan fingerprint density at radius 2 is 2.04 bits per heavy atom. The van der Waals surface area contributed by atoms with Gasteiger partial charge in [-0.2, -0.15) is 0 Å². The van der Waals surface area contributed by atoms with Gasteiger partial charge in [0.15, 0.2) is 11.5 Å². The van der Waals surface area contributed by atoms with Crippen molar-refractivity contribution in [2.45, 2.75) is 32.2 Å². The third-order valence-corrected chi connectivity index (χ3v) is 4.77. The second-order valence-corrected chi connectivity index (χ2v) is 6.72. The topological polar surface area (TPSA) is 50.8 Å². The van der Waals surface area contributed by atoms with Crippen LogP contribution in [0.4, 0.5) is 0 Å². The molecule has 1 aromatic rings. The van der Waals surface area contributed by atoms with Gasteiger partial charge in [0.05, 0.1) is 0 Å². The molecule has 0 bridgehead atoms. The molecule has 1 aromatic carbocycles. The molecule has 126 valence electrons. The van der Waals surface area contributed by atoms with E-state index in [1.807, 2.05) is 12.1 Å². The fourth-order valence-corrected chi connectivity index (χ4v) is 2.89. The van der Waals surface area contributed by atoms with Gasteiger partial charge in [-0.25, -0.2) is 0 Å². The number of nitrogens with zero attached hydrogens (tertiary/aromatic N) is 1. The summed E-state index contributed by atoms with van der Waals surface area (Å²) < 4.78 is 11.2. The Morgan fingerprint density at radius 3 is 2.78 bits per heavy atom. The summed E-state index contributed by atoms with van der Waals surface area (Å²) in [6, 6.07) is 6.53. The molecule has 0 aromatic heterocycles. The highest BCUT2D eigenvalue weighted by molar-refractivity contribution is 5.83. The SMILES string of the molecule is CC(C)N(C)CCNC(=O)[C@H]1C[C@@H]1c1ccc2c(c1)OCCO2. The maximum atomic E-state index is 12.2. The van der Waals surface area contributed by atoms with Crippen molar-refractivity contribution in [1.29, 1.82) is 0 Å².